The molecule has 2 aromatic carbocycles. The van der Waals surface area contributed by atoms with Crippen LogP contribution in [0.5, 0.6) is 0 Å². The van der Waals surface area contributed by atoms with E-state index in [1.54, 1.807) is 13.0 Å². The number of rotatable bonds is 11. The normalized spacial score (nSPS) is 15.6. The molecule has 0 fully saturated rings. The Morgan fingerprint density at radius 1 is 1.00 bits per heavy atom. The molecule has 3 atom stereocenters. The third kappa shape index (κ3) is 7.50. The Bertz CT molecular complexity index is 937. The van der Waals surface area contributed by atoms with Crippen LogP contribution in [0.15, 0.2) is 84.5 Å². The first-order valence-corrected chi connectivity index (χ1v) is 14.4. The van der Waals surface area contributed by atoms with E-state index in [9.17, 15) is 9.90 Å². The summed E-state index contributed by atoms with van der Waals surface area (Å²) < 4.78 is 11.9. The van der Waals surface area contributed by atoms with E-state index >= 15 is 0 Å². The molecule has 0 aliphatic heterocycles. The Kier molecular flexibility index (Phi) is 10.7. The molecule has 0 saturated heterocycles. The zero-order valence-electron chi connectivity index (χ0n) is 22.3. The largest absolute Gasteiger partial charge is 0.463 e. The topological polar surface area (TPSA) is 55.8 Å². The zero-order valence-corrected chi connectivity index (χ0v) is 23.3. The minimum absolute atomic E-state index is 0.00106. The summed E-state index contributed by atoms with van der Waals surface area (Å²) in [6.07, 6.45) is 4.57. The molecule has 2 aromatic rings. The van der Waals surface area contributed by atoms with E-state index in [1.165, 1.54) is 16.4 Å². The fourth-order valence-corrected chi connectivity index (χ4v) is 9.22. The molecule has 0 bridgehead atoms. The first-order chi connectivity index (χ1) is 16.5. The lowest BCUT2D eigenvalue weighted by molar-refractivity contribution is -0.137. The smallest absolute Gasteiger partial charge is 0.330 e. The standard InChI is InChI=1S/C30H42O4Si/c1-8-33-28(31)20-19-23(2)21-24(3)29(32)25(4)22-34-35(30(5,6)7,26-15-11-9-12-16-26)27-17-13-10-14-18-27/h9-21,23,25,29,32H,8,22H2,1-7H3/b20-19+,24-21-/t23-,25+,29-/m0/s1. The van der Waals surface area contributed by atoms with Crippen molar-refractivity contribution in [2.45, 2.75) is 59.6 Å². The lowest BCUT2D eigenvalue weighted by Gasteiger charge is -2.43. The van der Waals surface area contributed by atoms with Gasteiger partial charge >= 0.3 is 5.97 Å². The second kappa shape index (κ2) is 13.0. The first-order valence-electron chi connectivity index (χ1n) is 12.5. The number of ether oxygens (including phenoxy) is 1. The highest BCUT2D eigenvalue weighted by atomic mass is 28.4. The summed E-state index contributed by atoms with van der Waals surface area (Å²) in [5, 5.41) is 13.4. The summed E-state index contributed by atoms with van der Waals surface area (Å²) in [6.45, 7) is 15.3. The third-order valence-corrected chi connectivity index (χ3v) is 11.3. The van der Waals surface area contributed by atoms with Crippen LogP contribution >= 0.6 is 0 Å². The lowest BCUT2D eigenvalue weighted by atomic mass is 9.96. The van der Waals surface area contributed by atoms with Gasteiger partial charge in [0.25, 0.3) is 8.32 Å². The van der Waals surface area contributed by atoms with Crippen molar-refractivity contribution >= 4 is 24.7 Å². The highest BCUT2D eigenvalue weighted by Crippen LogP contribution is 2.37. The molecule has 0 amide bonds. The van der Waals surface area contributed by atoms with Crippen molar-refractivity contribution in [2.75, 3.05) is 13.2 Å². The average Bonchev–Trinajstić information content (AvgIpc) is 2.83. The number of benzene rings is 2. The predicted octanol–water partition coefficient (Wildman–Crippen LogP) is 5.26. The Balaban J connectivity index is 2.27. The maximum atomic E-state index is 11.6. The van der Waals surface area contributed by atoms with Crippen LogP contribution in [0.2, 0.25) is 5.04 Å². The van der Waals surface area contributed by atoms with Crippen LogP contribution in [0.1, 0.15) is 48.5 Å². The van der Waals surface area contributed by atoms with Crippen molar-refractivity contribution in [1.82, 2.24) is 0 Å². The molecule has 1 N–H and O–H groups in total. The summed E-state index contributed by atoms with van der Waals surface area (Å²) in [6, 6.07) is 21.1. The molecular formula is C30H42O4Si. The fourth-order valence-electron chi connectivity index (χ4n) is 4.55. The maximum absolute atomic E-state index is 11.6. The van der Waals surface area contributed by atoms with Gasteiger partial charge in [-0.15, -0.1) is 0 Å². The molecule has 0 unspecified atom stereocenters. The van der Waals surface area contributed by atoms with Crippen LogP contribution in [-0.2, 0) is 14.0 Å². The fraction of sp³-hybridized carbons (Fsp3) is 0.433. The highest BCUT2D eigenvalue weighted by Gasteiger charge is 2.50. The van der Waals surface area contributed by atoms with Crippen molar-refractivity contribution in [3.05, 3.63) is 84.5 Å². The summed E-state index contributed by atoms with van der Waals surface area (Å²) in [5.74, 6) is -0.453. The molecule has 0 radical (unpaired) electrons. The molecule has 4 nitrogen and oxygen atoms in total. The molecule has 190 valence electrons. The minimum atomic E-state index is -2.65. The maximum Gasteiger partial charge on any atom is 0.330 e. The van der Waals surface area contributed by atoms with Crippen LogP contribution in [0, 0.1) is 11.8 Å². The van der Waals surface area contributed by atoms with Gasteiger partial charge in [0.2, 0.25) is 0 Å². The van der Waals surface area contributed by atoms with Gasteiger partial charge < -0.3 is 14.3 Å². The number of allylic oxidation sites excluding steroid dienone is 2. The van der Waals surface area contributed by atoms with Crippen LogP contribution in [-0.4, -0.2) is 38.7 Å². The Morgan fingerprint density at radius 3 is 1.97 bits per heavy atom. The molecule has 2 rings (SSSR count). The van der Waals surface area contributed by atoms with E-state index in [-0.39, 0.29) is 22.8 Å². The van der Waals surface area contributed by atoms with Crippen LogP contribution < -0.4 is 10.4 Å². The number of carbonyl (C=O) groups excluding carboxylic acids is 1. The number of esters is 1. The van der Waals surface area contributed by atoms with Crippen LogP contribution in [0.3, 0.4) is 0 Å². The van der Waals surface area contributed by atoms with Crippen LogP contribution in [0.25, 0.3) is 0 Å². The van der Waals surface area contributed by atoms with Gasteiger partial charge in [-0.1, -0.05) is 107 Å². The Morgan fingerprint density at radius 2 is 1.51 bits per heavy atom. The highest BCUT2D eigenvalue weighted by molar-refractivity contribution is 6.99. The molecule has 5 heteroatoms. The number of hydrogen-bond acceptors (Lipinski definition) is 4. The van der Waals surface area contributed by atoms with Gasteiger partial charge in [0, 0.05) is 18.6 Å². The molecule has 0 saturated carbocycles. The summed E-state index contributed by atoms with van der Waals surface area (Å²) >= 11 is 0. The van der Waals surface area contributed by atoms with Gasteiger partial charge in [-0.2, -0.15) is 0 Å². The summed E-state index contributed by atoms with van der Waals surface area (Å²) in [4.78, 5) is 11.6. The van der Waals surface area contributed by atoms with Gasteiger partial charge in [0.15, 0.2) is 0 Å². The van der Waals surface area contributed by atoms with E-state index in [0.29, 0.717) is 13.2 Å². The quantitative estimate of drug-likeness (QED) is 0.200. The lowest BCUT2D eigenvalue weighted by Crippen LogP contribution is -2.67. The summed E-state index contributed by atoms with van der Waals surface area (Å²) in [5.41, 5.74) is 0.865. The van der Waals surface area contributed by atoms with E-state index in [1.807, 2.05) is 39.0 Å². The number of aliphatic hydroxyl groups excluding tert-OH is 1. The van der Waals surface area contributed by atoms with Gasteiger partial charge in [0.05, 0.1) is 12.7 Å². The van der Waals surface area contributed by atoms with Gasteiger partial charge in [-0.3, -0.25) is 0 Å². The SMILES string of the molecule is CCOC(=O)/C=C/[C@H](C)/C=C(/C)[C@H](O)[C@H](C)CO[Si](c1ccccc1)(c1ccccc1)C(C)(C)C. The van der Waals surface area contributed by atoms with Crippen molar-refractivity contribution in [3.8, 4) is 0 Å². The minimum Gasteiger partial charge on any atom is -0.463 e. The van der Waals surface area contributed by atoms with Crippen molar-refractivity contribution < 1.29 is 19.1 Å². The van der Waals surface area contributed by atoms with E-state index in [2.05, 4.69) is 69.3 Å². The zero-order chi connectivity index (χ0) is 26.1. The molecule has 0 aliphatic carbocycles. The van der Waals surface area contributed by atoms with E-state index in [0.717, 1.165) is 5.57 Å². The number of hydrogen-bond donors (Lipinski definition) is 1. The Labute approximate surface area is 212 Å². The van der Waals surface area contributed by atoms with E-state index < -0.39 is 14.4 Å². The second-order valence-corrected chi connectivity index (χ2v) is 14.6. The van der Waals surface area contributed by atoms with Crippen molar-refractivity contribution in [2.24, 2.45) is 11.8 Å². The molecule has 0 aliphatic rings. The first kappa shape index (κ1) is 28.8. The van der Waals surface area contributed by atoms with Crippen LogP contribution in [0.4, 0.5) is 0 Å². The van der Waals surface area contributed by atoms with Gasteiger partial charge in [0.1, 0.15) is 0 Å². The van der Waals surface area contributed by atoms with Gasteiger partial charge in [-0.25, -0.2) is 4.79 Å². The third-order valence-electron chi connectivity index (χ3n) is 6.33. The Hall–Kier alpha value is -2.47. The monoisotopic (exact) mass is 494 g/mol. The average molecular weight is 495 g/mol. The summed E-state index contributed by atoms with van der Waals surface area (Å²) in [7, 11) is -2.65. The molecule has 35 heavy (non-hydrogen) atoms. The predicted molar refractivity (Wildman–Crippen MR) is 147 cm³/mol. The van der Waals surface area contributed by atoms with E-state index in [4.69, 9.17) is 9.16 Å². The van der Waals surface area contributed by atoms with Gasteiger partial charge in [-0.05, 0) is 40.8 Å². The molecule has 0 aromatic heterocycles. The van der Waals surface area contributed by atoms with Crippen molar-refractivity contribution in [3.63, 3.8) is 0 Å². The second-order valence-electron chi connectivity index (χ2n) is 10.3. The molecular weight excluding hydrogens is 452 g/mol. The molecule has 0 spiro atoms. The number of carbonyl (C=O) groups is 1. The molecule has 0 heterocycles. The van der Waals surface area contributed by atoms with Crippen molar-refractivity contribution in [1.29, 1.82) is 0 Å². The number of aliphatic hydroxyl groups is 1.